The molecule has 6 nitrogen and oxygen atoms in total. The molecule has 0 saturated carbocycles. The van der Waals surface area contributed by atoms with E-state index in [0.717, 1.165) is 0 Å². The highest BCUT2D eigenvalue weighted by molar-refractivity contribution is 4.97. The van der Waals surface area contributed by atoms with Gasteiger partial charge in [-0.2, -0.15) is 5.06 Å². The SMILES string of the molecule is CON(C)Cc1cc(=O)[nH]c(=O)[nH]1. The molecule has 0 saturated heterocycles. The van der Waals surface area contributed by atoms with Gasteiger partial charge in [0.2, 0.25) is 0 Å². The molecule has 1 rings (SSSR count). The zero-order chi connectivity index (χ0) is 9.84. The molecular formula is C7H11N3O3. The van der Waals surface area contributed by atoms with Gasteiger partial charge < -0.3 is 9.82 Å². The fraction of sp³-hybridized carbons (Fsp3) is 0.429. The summed E-state index contributed by atoms with van der Waals surface area (Å²) in [6, 6.07) is 1.32. The van der Waals surface area contributed by atoms with Crippen LogP contribution < -0.4 is 11.2 Å². The van der Waals surface area contributed by atoms with Crippen molar-refractivity contribution in [1.82, 2.24) is 15.0 Å². The maximum Gasteiger partial charge on any atom is 0.325 e. The minimum atomic E-state index is -0.507. The monoisotopic (exact) mass is 185 g/mol. The van der Waals surface area contributed by atoms with Crippen molar-refractivity contribution in [1.29, 1.82) is 0 Å². The Kier molecular flexibility index (Phi) is 2.99. The number of aromatic amines is 2. The Morgan fingerprint density at radius 3 is 2.69 bits per heavy atom. The third-order valence-electron chi connectivity index (χ3n) is 1.52. The maximum atomic E-state index is 10.8. The van der Waals surface area contributed by atoms with E-state index in [1.165, 1.54) is 18.2 Å². The molecule has 0 amide bonds. The molecule has 0 atom stereocenters. The van der Waals surface area contributed by atoms with Crippen LogP contribution in [0.2, 0.25) is 0 Å². The van der Waals surface area contributed by atoms with Crippen molar-refractivity contribution in [2.45, 2.75) is 6.54 Å². The van der Waals surface area contributed by atoms with Crippen LogP contribution in [-0.4, -0.2) is 29.2 Å². The summed E-state index contributed by atoms with van der Waals surface area (Å²) >= 11 is 0. The van der Waals surface area contributed by atoms with Gasteiger partial charge in [0.1, 0.15) is 0 Å². The predicted octanol–water partition coefficient (Wildman–Crippen LogP) is -0.944. The standard InChI is InChI=1S/C7H11N3O3/c1-10(13-2)4-5-3-6(11)9-7(12)8-5/h3H,4H2,1-2H3,(H2,8,9,11,12). The van der Waals surface area contributed by atoms with E-state index in [1.807, 2.05) is 0 Å². The first-order chi connectivity index (χ1) is 6.11. The summed E-state index contributed by atoms with van der Waals surface area (Å²) < 4.78 is 0. The van der Waals surface area contributed by atoms with Crippen LogP contribution in [-0.2, 0) is 11.4 Å². The Hall–Kier alpha value is -1.40. The van der Waals surface area contributed by atoms with Gasteiger partial charge >= 0.3 is 5.69 Å². The number of aromatic nitrogens is 2. The third-order valence-corrected chi connectivity index (χ3v) is 1.52. The molecule has 0 radical (unpaired) electrons. The number of hydrogen-bond donors (Lipinski definition) is 2. The third kappa shape index (κ3) is 2.85. The molecule has 2 N–H and O–H groups in total. The Balaban J connectivity index is 2.90. The summed E-state index contributed by atoms with van der Waals surface area (Å²) in [5, 5.41) is 1.49. The maximum absolute atomic E-state index is 10.8. The van der Waals surface area contributed by atoms with E-state index in [-0.39, 0.29) is 0 Å². The second kappa shape index (κ2) is 4.01. The molecule has 1 heterocycles. The van der Waals surface area contributed by atoms with Crippen LogP contribution in [0.5, 0.6) is 0 Å². The molecule has 1 aromatic heterocycles. The zero-order valence-electron chi connectivity index (χ0n) is 7.46. The van der Waals surface area contributed by atoms with Gasteiger partial charge in [0.05, 0.1) is 13.7 Å². The lowest BCUT2D eigenvalue weighted by Crippen LogP contribution is -2.26. The van der Waals surface area contributed by atoms with Crippen LogP contribution in [0, 0.1) is 0 Å². The average Bonchev–Trinajstić information content (AvgIpc) is 2.02. The van der Waals surface area contributed by atoms with E-state index in [2.05, 4.69) is 9.97 Å². The molecule has 0 bridgehead atoms. The number of rotatable bonds is 3. The molecule has 0 aromatic carbocycles. The van der Waals surface area contributed by atoms with E-state index in [1.54, 1.807) is 7.05 Å². The molecule has 0 unspecified atom stereocenters. The van der Waals surface area contributed by atoms with E-state index < -0.39 is 11.2 Å². The number of H-pyrrole nitrogens is 2. The van der Waals surface area contributed by atoms with Gasteiger partial charge in [0, 0.05) is 18.8 Å². The smallest absolute Gasteiger partial charge is 0.310 e. The van der Waals surface area contributed by atoms with E-state index >= 15 is 0 Å². The minimum Gasteiger partial charge on any atom is -0.310 e. The number of hydrogen-bond acceptors (Lipinski definition) is 4. The van der Waals surface area contributed by atoms with Crippen molar-refractivity contribution in [2.75, 3.05) is 14.2 Å². The summed E-state index contributed by atoms with van der Waals surface area (Å²) in [4.78, 5) is 31.0. The molecule has 0 aliphatic heterocycles. The molecule has 6 heteroatoms. The van der Waals surface area contributed by atoms with Gasteiger partial charge in [-0.25, -0.2) is 4.79 Å². The Morgan fingerprint density at radius 1 is 1.46 bits per heavy atom. The van der Waals surface area contributed by atoms with Gasteiger partial charge in [0.25, 0.3) is 5.56 Å². The molecule has 72 valence electrons. The normalized spacial score (nSPS) is 10.7. The van der Waals surface area contributed by atoms with Crippen molar-refractivity contribution < 1.29 is 4.84 Å². The lowest BCUT2D eigenvalue weighted by molar-refractivity contribution is -0.117. The van der Waals surface area contributed by atoms with Crippen molar-refractivity contribution in [3.05, 3.63) is 32.6 Å². The molecule has 0 fully saturated rings. The van der Waals surface area contributed by atoms with Crippen LogP contribution in [0.4, 0.5) is 0 Å². The van der Waals surface area contributed by atoms with Gasteiger partial charge in [-0.1, -0.05) is 0 Å². The Bertz CT molecular complexity index is 353. The molecule has 0 spiro atoms. The van der Waals surface area contributed by atoms with Crippen LogP contribution in [0.25, 0.3) is 0 Å². The highest BCUT2D eigenvalue weighted by atomic mass is 16.7. The predicted molar refractivity (Wildman–Crippen MR) is 46.2 cm³/mol. The second-order valence-electron chi connectivity index (χ2n) is 2.58. The van der Waals surface area contributed by atoms with Crippen molar-refractivity contribution >= 4 is 0 Å². The fourth-order valence-corrected chi connectivity index (χ4v) is 0.909. The first-order valence-corrected chi connectivity index (χ1v) is 3.69. The molecule has 13 heavy (non-hydrogen) atoms. The average molecular weight is 185 g/mol. The van der Waals surface area contributed by atoms with Crippen molar-refractivity contribution in [2.24, 2.45) is 0 Å². The van der Waals surface area contributed by atoms with Gasteiger partial charge in [0.15, 0.2) is 0 Å². The minimum absolute atomic E-state index is 0.357. The van der Waals surface area contributed by atoms with Gasteiger partial charge in [-0.15, -0.1) is 0 Å². The summed E-state index contributed by atoms with van der Waals surface area (Å²) in [7, 11) is 3.20. The summed E-state index contributed by atoms with van der Waals surface area (Å²) in [5.74, 6) is 0. The van der Waals surface area contributed by atoms with Crippen LogP contribution in [0.1, 0.15) is 5.69 Å². The highest BCUT2D eigenvalue weighted by Crippen LogP contribution is 1.92. The van der Waals surface area contributed by atoms with E-state index in [0.29, 0.717) is 12.2 Å². The lowest BCUT2D eigenvalue weighted by atomic mass is 10.4. The summed E-state index contributed by atoms with van der Waals surface area (Å²) in [5.41, 5.74) is -0.409. The van der Waals surface area contributed by atoms with Crippen molar-refractivity contribution in [3.63, 3.8) is 0 Å². The Morgan fingerprint density at radius 2 is 2.15 bits per heavy atom. The van der Waals surface area contributed by atoms with E-state index in [9.17, 15) is 9.59 Å². The summed E-state index contributed by atoms with van der Waals surface area (Å²) in [6.45, 7) is 0.357. The summed E-state index contributed by atoms with van der Waals surface area (Å²) in [6.07, 6.45) is 0. The lowest BCUT2D eigenvalue weighted by Gasteiger charge is -2.12. The van der Waals surface area contributed by atoms with Crippen molar-refractivity contribution in [3.8, 4) is 0 Å². The second-order valence-corrected chi connectivity index (χ2v) is 2.58. The topological polar surface area (TPSA) is 78.2 Å². The quantitative estimate of drug-likeness (QED) is 0.595. The van der Waals surface area contributed by atoms with Gasteiger partial charge in [-0.3, -0.25) is 9.78 Å². The first kappa shape index (κ1) is 9.69. The molecule has 0 aliphatic rings. The number of nitrogens with zero attached hydrogens (tertiary/aromatic N) is 1. The first-order valence-electron chi connectivity index (χ1n) is 3.69. The number of hydroxylamine groups is 2. The molecule has 0 aliphatic carbocycles. The molecular weight excluding hydrogens is 174 g/mol. The van der Waals surface area contributed by atoms with E-state index in [4.69, 9.17) is 4.84 Å². The van der Waals surface area contributed by atoms with Crippen LogP contribution in [0.3, 0.4) is 0 Å². The zero-order valence-corrected chi connectivity index (χ0v) is 7.46. The highest BCUT2D eigenvalue weighted by Gasteiger charge is 2.00. The van der Waals surface area contributed by atoms with Gasteiger partial charge in [-0.05, 0) is 0 Å². The number of nitrogens with one attached hydrogen (secondary N) is 2. The van der Waals surface area contributed by atoms with Crippen LogP contribution >= 0.6 is 0 Å². The fourth-order valence-electron chi connectivity index (χ4n) is 0.909. The Labute approximate surface area is 74.1 Å². The van der Waals surface area contributed by atoms with Crippen LogP contribution in [0.15, 0.2) is 15.7 Å². The largest absolute Gasteiger partial charge is 0.325 e. The molecule has 1 aromatic rings.